The zero-order valence-corrected chi connectivity index (χ0v) is 9.80. The van der Waals surface area contributed by atoms with Crippen LogP contribution in [0.15, 0.2) is 0 Å². The largest absolute Gasteiger partial charge is 0.394 e. The number of rotatable bonds is 3. The second-order valence-corrected chi connectivity index (χ2v) is 4.15. The van der Waals surface area contributed by atoms with Crippen LogP contribution in [0.25, 0.3) is 0 Å². The normalized spacial score (nSPS) is 39.4. The van der Waals surface area contributed by atoms with Crippen molar-refractivity contribution in [3.8, 4) is 0 Å². The van der Waals surface area contributed by atoms with Gasteiger partial charge in [0.25, 0.3) is 0 Å². The second-order valence-electron chi connectivity index (χ2n) is 3.79. The van der Waals surface area contributed by atoms with E-state index in [0.717, 1.165) is 0 Å². The molecule has 0 aliphatic carbocycles. The minimum atomic E-state index is -1.22. The van der Waals surface area contributed by atoms with Crippen LogP contribution in [0.5, 0.6) is 0 Å². The molecule has 0 saturated carbocycles. The summed E-state index contributed by atoms with van der Waals surface area (Å²) < 4.78 is 5.33. The van der Waals surface area contributed by atoms with Crippen LogP contribution in [0.1, 0.15) is 6.92 Å². The van der Waals surface area contributed by atoms with E-state index in [0.29, 0.717) is 0 Å². The van der Waals surface area contributed by atoms with Crippen LogP contribution in [-0.4, -0.2) is 64.0 Å². The standard InChI is InChI=1S/C9H17NO5S/c1-4(12)10-7-6(3-16)15-5(2-11)8(13)9(7)14/h5-9,11,13-14,16H,2-3H2,1H3,(H,10,12)/t5-,6?,7+,8+,9-/m1/s1. The first-order valence-electron chi connectivity index (χ1n) is 5.01. The molecule has 1 unspecified atom stereocenters. The molecule has 1 heterocycles. The van der Waals surface area contributed by atoms with Gasteiger partial charge >= 0.3 is 0 Å². The number of thiol groups is 1. The van der Waals surface area contributed by atoms with E-state index in [1.165, 1.54) is 6.92 Å². The SMILES string of the molecule is CC(=O)N[C@H]1C(CS)O[C@H](CO)[C@H](O)[C@@H]1O. The van der Waals surface area contributed by atoms with Crippen LogP contribution >= 0.6 is 12.6 Å². The molecule has 6 nitrogen and oxygen atoms in total. The van der Waals surface area contributed by atoms with Crippen molar-refractivity contribution in [2.24, 2.45) is 0 Å². The Hall–Kier alpha value is -0.340. The zero-order chi connectivity index (χ0) is 12.3. The highest BCUT2D eigenvalue weighted by atomic mass is 32.1. The Kier molecular flexibility index (Phi) is 5.00. The number of nitrogens with one attached hydrogen (secondary N) is 1. The molecule has 94 valence electrons. The lowest BCUT2D eigenvalue weighted by atomic mass is 9.93. The maximum Gasteiger partial charge on any atom is 0.217 e. The summed E-state index contributed by atoms with van der Waals surface area (Å²) in [6, 6.07) is -0.715. The zero-order valence-electron chi connectivity index (χ0n) is 8.91. The Balaban J connectivity index is 2.77. The molecular formula is C9H17NO5S. The van der Waals surface area contributed by atoms with Crippen LogP contribution in [-0.2, 0) is 9.53 Å². The Morgan fingerprint density at radius 3 is 2.44 bits per heavy atom. The molecule has 4 N–H and O–H groups in total. The summed E-state index contributed by atoms with van der Waals surface area (Å²) in [6.07, 6.45) is -3.79. The lowest BCUT2D eigenvalue weighted by Crippen LogP contribution is -2.64. The highest BCUT2D eigenvalue weighted by Gasteiger charge is 2.43. The number of amides is 1. The average molecular weight is 251 g/mol. The molecule has 7 heteroatoms. The van der Waals surface area contributed by atoms with Gasteiger partial charge in [-0.3, -0.25) is 4.79 Å². The number of hydrogen-bond acceptors (Lipinski definition) is 6. The molecule has 0 aromatic heterocycles. The van der Waals surface area contributed by atoms with Crippen LogP contribution in [0.4, 0.5) is 0 Å². The van der Waals surface area contributed by atoms with Crippen molar-refractivity contribution < 1.29 is 24.9 Å². The molecule has 1 aliphatic rings. The summed E-state index contributed by atoms with van der Waals surface area (Å²) >= 11 is 4.04. The third-order valence-electron chi connectivity index (χ3n) is 2.58. The van der Waals surface area contributed by atoms with Gasteiger partial charge in [0, 0.05) is 12.7 Å². The number of carbonyl (C=O) groups is 1. The van der Waals surface area contributed by atoms with E-state index in [1.807, 2.05) is 0 Å². The molecule has 0 aromatic carbocycles. The van der Waals surface area contributed by atoms with Crippen molar-refractivity contribution in [3.05, 3.63) is 0 Å². The summed E-state index contributed by atoms with van der Waals surface area (Å²) in [5.74, 6) is -0.0559. The minimum absolute atomic E-state index is 0.269. The monoisotopic (exact) mass is 251 g/mol. The average Bonchev–Trinajstić information content (AvgIpc) is 2.25. The molecule has 1 aliphatic heterocycles. The first kappa shape index (κ1) is 13.7. The van der Waals surface area contributed by atoms with Crippen LogP contribution in [0.2, 0.25) is 0 Å². The molecule has 16 heavy (non-hydrogen) atoms. The number of ether oxygens (including phenoxy) is 1. The van der Waals surface area contributed by atoms with Crippen LogP contribution < -0.4 is 5.32 Å². The third-order valence-corrected chi connectivity index (χ3v) is 2.94. The van der Waals surface area contributed by atoms with Crippen molar-refractivity contribution in [2.75, 3.05) is 12.4 Å². The van der Waals surface area contributed by atoms with E-state index < -0.39 is 37.1 Å². The van der Waals surface area contributed by atoms with E-state index in [1.54, 1.807) is 0 Å². The van der Waals surface area contributed by atoms with Gasteiger partial charge in [-0.15, -0.1) is 0 Å². The Labute approximate surface area is 99.0 Å². The molecule has 0 spiro atoms. The number of hydrogen-bond donors (Lipinski definition) is 5. The molecule has 1 amide bonds. The quantitative estimate of drug-likeness (QED) is 0.370. The summed E-state index contributed by atoms with van der Waals surface area (Å²) in [7, 11) is 0. The Morgan fingerprint density at radius 2 is 2.00 bits per heavy atom. The predicted molar refractivity (Wildman–Crippen MR) is 59.2 cm³/mol. The Bertz CT molecular complexity index is 250. The Morgan fingerprint density at radius 1 is 1.38 bits per heavy atom. The lowest BCUT2D eigenvalue weighted by molar-refractivity contribution is -0.189. The van der Waals surface area contributed by atoms with Crippen molar-refractivity contribution >= 4 is 18.5 Å². The number of aliphatic hydroxyl groups is 3. The highest BCUT2D eigenvalue weighted by molar-refractivity contribution is 7.80. The van der Waals surface area contributed by atoms with Crippen molar-refractivity contribution in [3.63, 3.8) is 0 Å². The van der Waals surface area contributed by atoms with Gasteiger partial charge in [-0.1, -0.05) is 0 Å². The lowest BCUT2D eigenvalue weighted by Gasteiger charge is -2.42. The number of carbonyl (C=O) groups excluding carboxylic acids is 1. The summed E-state index contributed by atoms with van der Waals surface area (Å²) in [4.78, 5) is 10.9. The predicted octanol–water partition coefficient (Wildman–Crippen LogP) is -2.10. The van der Waals surface area contributed by atoms with Crippen LogP contribution in [0.3, 0.4) is 0 Å². The summed E-state index contributed by atoms with van der Waals surface area (Å²) in [6.45, 7) is 0.919. The first-order valence-corrected chi connectivity index (χ1v) is 5.65. The molecule has 0 bridgehead atoms. The summed E-state index contributed by atoms with van der Waals surface area (Å²) in [5, 5.41) is 30.9. The van der Waals surface area contributed by atoms with E-state index in [4.69, 9.17) is 9.84 Å². The maximum atomic E-state index is 10.9. The molecular weight excluding hydrogens is 234 g/mol. The van der Waals surface area contributed by atoms with E-state index in [9.17, 15) is 15.0 Å². The van der Waals surface area contributed by atoms with Crippen molar-refractivity contribution in [1.82, 2.24) is 5.32 Å². The van der Waals surface area contributed by atoms with Crippen molar-refractivity contribution in [1.29, 1.82) is 0 Å². The van der Waals surface area contributed by atoms with Gasteiger partial charge in [0.2, 0.25) is 5.91 Å². The molecule has 0 radical (unpaired) electrons. The molecule has 5 atom stereocenters. The fraction of sp³-hybridized carbons (Fsp3) is 0.889. The summed E-state index contributed by atoms with van der Waals surface area (Å²) in [5.41, 5.74) is 0. The fourth-order valence-electron chi connectivity index (χ4n) is 1.76. The third kappa shape index (κ3) is 2.86. The molecule has 1 fully saturated rings. The van der Waals surface area contributed by atoms with Gasteiger partial charge in [-0.25, -0.2) is 0 Å². The highest BCUT2D eigenvalue weighted by Crippen LogP contribution is 2.21. The number of aliphatic hydroxyl groups excluding tert-OH is 3. The van der Waals surface area contributed by atoms with Crippen molar-refractivity contribution in [2.45, 2.75) is 37.4 Å². The van der Waals surface area contributed by atoms with Gasteiger partial charge in [-0.2, -0.15) is 12.6 Å². The minimum Gasteiger partial charge on any atom is -0.394 e. The maximum absolute atomic E-state index is 10.9. The molecule has 1 rings (SSSR count). The van der Waals surface area contributed by atoms with E-state index in [2.05, 4.69) is 17.9 Å². The topological polar surface area (TPSA) is 99.0 Å². The van der Waals surface area contributed by atoms with Gasteiger partial charge in [0.15, 0.2) is 0 Å². The van der Waals surface area contributed by atoms with Gasteiger partial charge in [0.05, 0.1) is 18.8 Å². The smallest absolute Gasteiger partial charge is 0.217 e. The first-order chi connectivity index (χ1) is 7.51. The van der Waals surface area contributed by atoms with E-state index >= 15 is 0 Å². The van der Waals surface area contributed by atoms with E-state index in [-0.39, 0.29) is 11.7 Å². The van der Waals surface area contributed by atoms with Gasteiger partial charge < -0.3 is 25.4 Å². The molecule has 0 aromatic rings. The fourth-order valence-corrected chi connectivity index (χ4v) is 2.08. The van der Waals surface area contributed by atoms with Crippen LogP contribution in [0, 0.1) is 0 Å². The van der Waals surface area contributed by atoms with Gasteiger partial charge in [0.1, 0.15) is 18.3 Å². The molecule has 1 saturated heterocycles. The van der Waals surface area contributed by atoms with Gasteiger partial charge in [-0.05, 0) is 0 Å². The second kappa shape index (κ2) is 5.83.